The number of aromatic nitrogens is 1. The molecule has 2 aliphatic rings. The van der Waals surface area contributed by atoms with Gasteiger partial charge >= 0.3 is 6.16 Å². The van der Waals surface area contributed by atoms with E-state index in [1.165, 1.54) is 10.5 Å². The molecule has 1 saturated carbocycles. The first-order chi connectivity index (χ1) is 16.7. The van der Waals surface area contributed by atoms with Gasteiger partial charge in [0.25, 0.3) is 0 Å². The Morgan fingerprint density at radius 1 is 1.09 bits per heavy atom. The van der Waals surface area contributed by atoms with E-state index in [0.29, 0.717) is 24.2 Å². The second-order valence-electron chi connectivity index (χ2n) is 8.78. The van der Waals surface area contributed by atoms with Crippen molar-refractivity contribution >= 4 is 32.8 Å². The number of hydrogen-bond donors (Lipinski definition) is 1. The Balaban J connectivity index is 1.41. The smallest absolute Gasteiger partial charge is 0.449 e. The fourth-order valence-electron chi connectivity index (χ4n) is 4.48. The van der Waals surface area contributed by atoms with Crippen molar-refractivity contribution < 1.29 is 27.4 Å². The number of hydrogen-bond acceptors (Lipinski definition) is 6. The Bertz CT molecular complexity index is 1450. The van der Waals surface area contributed by atoms with Gasteiger partial charge in [-0.05, 0) is 30.5 Å². The number of piperazine rings is 1. The lowest BCUT2D eigenvalue weighted by atomic mass is 10.1. The van der Waals surface area contributed by atoms with E-state index < -0.39 is 27.4 Å². The Kier molecular flexibility index (Phi) is 5.97. The van der Waals surface area contributed by atoms with Gasteiger partial charge < -0.3 is 19.3 Å². The second kappa shape index (κ2) is 8.97. The lowest BCUT2D eigenvalue weighted by Gasteiger charge is -2.35. The quantitative estimate of drug-likeness (QED) is 0.517. The molecule has 0 unspecified atom stereocenters. The van der Waals surface area contributed by atoms with E-state index in [1.807, 2.05) is 6.07 Å². The molecule has 9 nitrogen and oxygen atoms in total. The summed E-state index contributed by atoms with van der Waals surface area (Å²) in [4.78, 5) is 25.5. The molecule has 1 saturated heterocycles. The summed E-state index contributed by atoms with van der Waals surface area (Å²) in [5.41, 5.74) is 0.783. The third-order valence-corrected chi connectivity index (χ3v) is 8.22. The van der Waals surface area contributed by atoms with Crippen LogP contribution in [0.5, 0.6) is 5.75 Å². The van der Waals surface area contributed by atoms with Crippen LogP contribution in [0.15, 0.2) is 53.5 Å². The fraction of sp³-hybridized carbons (Fsp3) is 0.333. The van der Waals surface area contributed by atoms with Gasteiger partial charge in [-0.15, -0.1) is 0 Å². The number of anilines is 1. The first-order valence-electron chi connectivity index (χ1n) is 11.3. The summed E-state index contributed by atoms with van der Waals surface area (Å²) < 4.78 is 48.7. The molecule has 1 aliphatic heterocycles. The average Bonchev–Trinajstić information content (AvgIpc) is 3.66. The van der Waals surface area contributed by atoms with Crippen LogP contribution in [-0.2, 0) is 15.8 Å². The van der Waals surface area contributed by atoms with Crippen LogP contribution in [0.1, 0.15) is 24.4 Å². The number of halogens is 1. The van der Waals surface area contributed by atoms with Gasteiger partial charge in [-0.2, -0.15) is 4.31 Å². The molecule has 2 heterocycles. The van der Waals surface area contributed by atoms with Crippen molar-refractivity contribution in [1.29, 1.82) is 0 Å². The lowest BCUT2D eigenvalue weighted by Crippen LogP contribution is -2.49. The SMILES string of the molecule is O=C(O)Oc1cn(C2CC2)c2cc(N3CCN(S(=O)(=O)Cc4ccccc4)CC3)c(F)cc2c1=O. The zero-order chi connectivity index (χ0) is 24.7. The van der Waals surface area contributed by atoms with Gasteiger partial charge in [0.1, 0.15) is 5.82 Å². The highest BCUT2D eigenvalue weighted by Crippen LogP contribution is 2.39. The second-order valence-corrected chi connectivity index (χ2v) is 10.7. The average molecular weight is 502 g/mol. The zero-order valence-corrected chi connectivity index (χ0v) is 19.6. The minimum atomic E-state index is -3.51. The maximum atomic E-state index is 15.2. The summed E-state index contributed by atoms with van der Waals surface area (Å²) in [6.45, 7) is 1.02. The molecular formula is C24H24FN3O6S. The van der Waals surface area contributed by atoms with Crippen LogP contribution in [0.25, 0.3) is 10.9 Å². The normalized spacial score (nSPS) is 17.0. The Morgan fingerprint density at radius 3 is 2.40 bits per heavy atom. The van der Waals surface area contributed by atoms with Crippen LogP contribution in [-0.4, -0.2) is 54.7 Å². The van der Waals surface area contributed by atoms with Gasteiger partial charge in [-0.1, -0.05) is 30.3 Å². The number of carboxylic acid groups (broad SMARTS) is 1. The molecule has 11 heteroatoms. The monoisotopic (exact) mass is 501 g/mol. The molecular weight excluding hydrogens is 477 g/mol. The standard InChI is InChI=1S/C24H24FN3O6S/c25-19-12-18-20(28(17-6-7-17)14-22(23(18)29)34-24(30)31)13-21(19)26-8-10-27(11-9-26)35(32,33)15-16-4-2-1-3-5-16/h1-5,12-14,17H,6-11,15H2,(H,30,31). The van der Waals surface area contributed by atoms with Crippen molar-refractivity contribution in [3.63, 3.8) is 0 Å². The van der Waals surface area contributed by atoms with Crippen LogP contribution in [0, 0.1) is 5.82 Å². The summed E-state index contributed by atoms with van der Waals surface area (Å²) in [5, 5.41) is 8.98. The topological polar surface area (TPSA) is 109 Å². The van der Waals surface area contributed by atoms with Crippen LogP contribution in [0.4, 0.5) is 14.9 Å². The van der Waals surface area contributed by atoms with E-state index >= 15 is 4.39 Å². The largest absolute Gasteiger partial charge is 0.511 e. The lowest BCUT2D eigenvalue weighted by molar-refractivity contribution is 0.143. The number of nitrogens with zero attached hydrogens (tertiary/aromatic N) is 3. The third kappa shape index (κ3) is 4.73. The maximum absolute atomic E-state index is 15.2. The summed E-state index contributed by atoms with van der Waals surface area (Å²) in [6.07, 6.45) is 1.47. The van der Waals surface area contributed by atoms with E-state index in [4.69, 9.17) is 5.11 Å². The molecule has 2 aromatic carbocycles. The van der Waals surface area contributed by atoms with E-state index in [2.05, 4.69) is 4.74 Å². The molecule has 2 fully saturated rings. The first-order valence-corrected chi connectivity index (χ1v) is 12.9. The highest BCUT2D eigenvalue weighted by atomic mass is 32.2. The Labute approximate surface area is 201 Å². The van der Waals surface area contributed by atoms with Crippen molar-refractivity contribution in [3.8, 4) is 5.75 Å². The van der Waals surface area contributed by atoms with Crippen molar-refractivity contribution in [3.05, 3.63) is 70.3 Å². The van der Waals surface area contributed by atoms with Crippen molar-refractivity contribution in [2.24, 2.45) is 0 Å². The molecule has 184 valence electrons. The van der Waals surface area contributed by atoms with Gasteiger partial charge in [0, 0.05) is 32.2 Å². The number of sulfonamides is 1. The summed E-state index contributed by atoms with van der Waals surface area (Å²) in [6, 6.07) is 11.7. The van der Waals surface area contributed by atoms with Crippen LogP contribution < -0.4 is 15.1 Å². The molecule has 1 aliphatic carbocycles. The van der Waals surface area contributed by atoms with E-state index in [9.17, 15) is 18.0 Å². The molecule has 35 heavy (non-hydrogen) atoms. The van der Waals surface area contributed by atoms with Crippen molar-refractivity contribution in [2.45, 2.75) is 24.6 Å². The predicted octanol–water partition coefficient (Wildman–Crippen LogP) is 3.18. The predicted molar refractivity (Wildman–Crippen MR) is 128 cm³/mol. The van der Waals surface area contributed by atoms with Gasteiger partial charge in [-0.3, -0.25) is 4.79 Å². The third-order valence-electron chi connectivity index (χ3n) is 6.37. The highest BCUT2D eigenvalue weighted by molar-refractivity contribution is 7.88. The Hall–Kier alpha value is -3.44. The summed E-state index contributed by atoms with van der Waals surface area (Å²) >= 11 is 0. The van der Waals surface area contributed by atoms with Crippen LogP contribution in [0.3, 0.4) is 0 Å². The van der Waals surface area contributed by atoms with Crippen LogP contribution in [0.2, 0.25) is 0 Å². The first kappa shape index (κ1) is 23.3. The van der Waals surface area contributed by atoms with Gasteiger partial charge in [0.2, 0.25) is 15.5 Å². The van der Waals surface area contributed by atoms with Crippen LogP contribution >= 0.6 is 0 Å². The number of fused-ring (bicyclic) bond motifs is 1. The maximum Gasteiger partial charge on any atom is 0.511 e. The van der Waals surface area contributed by atoms with Crippen molar-refractivity contribution in [1.82, 2.24) is 8.87 Å². The molecule has 1 aromatic heterocycles. The highest BCUT2D eigenvalue weighted by Gasteiger charge is 2.30. The minimum absolute atomic E-state index is 0.0426. The molecule has 0 spiro atoms. The van der Waals surface area contributed by atoms with E-state index in [1.54, 1.807) is 39.8 Å². The molecule has 0 bridgehead atoms. The molecule has 5 rings (SSSR count). The Morgan fingerprint density at radius 2 is 1.77 bits per heavy atom. The molecule has 0 radical (unpaired) electrons. The zero-order valence-electron chi connectivity index (χ0n) is 18.8. The summed E-state index contributed by atoms with van der Waals surface area (Å²) in [5.74, 6) is -1.08. The molecule has 0 amide bonds. The van der Waals surface area contributed by atoms with E-state index in [0.717, 1.165) is 18.9 Å². The molecule has 3 aromatic rings. The van der Waals surface area contributed by atoms with Gasteiger partial charge in [0.15, 0.2) is 5.75 Å². The fourth-order valence-corrected chi connectivity index (χ4v) is 6.00. The number of rotatable bonds is 6. The number of benzene rings is 2. The number of pyridine rings is 1. The molecule has 0 atom stereocenters. The molecule has 1 N–H and O–H groups in total. The van der Waals surface area contributed by atoms with Gasteiger partial charge in [-0.25, -0.2) is 17.6 Å². The number of ether oxygens (including phenoxy) is 1. The van der Waals surface area contributed by atoms with E-state index in [-0.39, 0.29) is 41.7 Å². The summed E-state index contributed by atoms with van der Waals surface area (Å²) in [7, 11) is -3.51. The van der Waals surface area contributed by atoms with Crippen molar-refractivity contribution in [2.75, 3.05) is 31.1 Å². The number of carbonyl (C=O) groups is 1. The van der Waals surface area contributed by atoms with Gasteiger partial charge in [0.05, 0.1) is 28.5 Å². The minimum Gasteiger partial charge on any atom is -0.449 e.